The van der Waals surface area contributed by atoms with Gasteiger partial charge in [-0.3, -0.25) is 0 Å². The largest absolute Gasteiger partial charge is 0.329 e. The zero-order valence-electron chi connectivity index (χ0n) is 12.5. The molecule has 1 fully saturated rings. The lowest BCUT2D eigenvalue weighted by Gasteiger charge is -2.21. The molecule has 22 heavy (non-hydrogen) atoms. The smallest absolute Gasteiger partial charge is 0.316 e. The molecule has 2 N–H and O–H groups in total. The molecule has 0 radical (unpaired) electrons. The van der Waals surface area contributed by atoms with Gasteiger partial charge in [-0.1, -0.05) is 18.2 Å². The van der Waals surface area contributed by atoms with Gasteiger partial charge in [-0.15, -0.1) is 10.2 Å². The number of rotatable bonds is 4. The van der Waals surface area contributed by atoms with Crippen LogP contribution >= 0.6 is 0 Å². The molecule has 1 saturated carbocycles. The van der Waals surface area contributed by atoms with E-state index in [-0.39, 0.29) is 17.9 Å². The van der Waals surface area contributed by atoms with Gasteiger partial charge in [0.25, 0.3) is 0 Å². The van der Waals surface area contributed by atoms with Gasteiger partial charge in [0.1, 0.15) is 12.1 Å². The Balaban J connectivity index is 1.67. The second-order valence-corrected chi connectivity index (χ2v) is 5.68. The predicted octanol–water partition coefficient (Wildman–Crippen LogP) is 2.00. The molecule has 116 valence electrons. The van der Waals surface area contributed by atoms with Gasteiger partial charge in [-0.25, -0.2) is 9.18 Å². The van der Waals surface area contributed by atoms with Crippen molar-refractivity contribution in [2.75, 3.05) is 0 Å². The molecule has 0 spiro atoms. The molecular formula is C15H18FN5O. The van der Waals surface area contributed by atoms with Gasteiger partial charge in [0, 0.05) is 12.6 Å². The van der Waals surface area contributed by atoms with Crippen LogP contribution in [0.25, 0.3) is 0 Å². The average Bonchev–Trinajstić information content (AvgIpc) is 3.10. The van der Waals surface area contributed by atoms with E-state index in [4.69, 9.17) is 0 Å². The summed E-state index contributed by atoms with van der Waals surface area (Å²) in [6.45, 7) is 1.83. The fraction of sp³-hybridized carbons (Fsp3) is 0.400. The zero-order chi connectivity index (χ0) is 15.7. The summed E-state index contributed by atoms with van der Waals surface area (Å²) >= 11 is 0. The summed E-state index contributed by atoms with van der Waals surface area (Å²) in [6.07, 6.45) is 3.05. The zero-order valence-corrected chi connectivity index (χ0v) is 12.5. The molecule has 0 aliphatic heterocycles. The van der Waals surface area contributed by atoms with E-state index in [1.807, 2.05) is 14.0 Å². The molecule has 0 bridgehead atoms. The molecule has 2 amide bonds. The molecule has 1 aromatic heterocycles. The lowest BCUT2D eigenvalue weighted by atomic mass is 10.0. The number of hydrogen-bond donors (Lipinski definition) is 2. The Morgan fingerprint density at radius 1 is 1.41 bits per heavy atom. The Kier molecular flexibility index (Phi) is 3.56. The number of nitrogens with zero attached hydrogens (tertiary/aromatic N) is 3. The highest BCUT2D eigenvalue weighted by molar-refractivity contribution is 5.76. The first-order chi connectivity index (χ1) is 10.5. The number of benzene rings is 1. The summed E-state index contributed by atoms with van der Waals surface area (Å²) in [6, 6.07) is 5.93. The molecular weight excluding hydrogens is 285 g/mol. The molecule has 0 saturated heterocycles. The standard InChI is InChI=1S/C15H18FN5O/c1-10(13-20-17-9-21(13)2)18-14(22)19-15(7-8-15)11-5-3-4-6-12(11)16/h3-6,9-10H,7-8H2,1-2H3,(H2,18,19,22). The minimum atomic E-state index is -0.588. The van der Waals surface area contributed by atoms with Crippen LogP contribution < -0.4 is 10.6 Å². The average molecular weight is 303 g/mol. The first-order valence-electron chi connectivity index (χ1n) is 7.19. The van der Waals surface area contributed by atoms with Gasteiger partial charge >= 0.3 is 6.03 Å². The van der Waals surface area contributed by atoms with Gasteiger partial charge in [0.2, 0.25) is 0 Å². The maximum Gasteiger partial charge on any atom is 0.316 e. The Labute approximate surface area is 127 Å². The Hall–Kier alpha value is -2.44. The molecule has 1 aromatic carbocycles. The van der Waals surface area contributed by atoms with E-state index >= 15 is 0 Å². The summed E-state index contributed by atoms with van der Waals surface area (Å²) in [4.78, 5) is 12.2. The molecule has 1 aliphatic carbocycles. The van der Waals surface area contributed by atoms with Crippen molar-refractivity contribution in [2.24, 2.45) is 7.05 Å². The maximum atomic E-state index is 13.9. The highest BCUT2D eigenvalue weighted by Gasteiger charge is 2.47. The summed E-state index contributed by atoms with van der Waals surface area (Å²) < 4.78 is 15.7. The van der Waals surface area contributed by atoms with E-state index in [2.05, 4.69) is 20.8 Å². The van der Waals surface area contributed by atoms with E-state index < -0.39 is 5.54 Å². The fourth-order valence-corrected chi connectivity index (χ4v) is 2.63. The van der Waals surface area contributed by atoms with Crippen LogP contribution in [-0.2, 0) is 12.6 Å². The molecule has 1 aliphatic rings. The number of carbonyl (C=O) groups excluding carboxylic acids is 1. The first-order valence-corrected chi connectivity index (χ1v) is 7.19. The Morgan fingerprint density at radius 2 is 2.14 bits per heavy atom. The van der Waals surface area contributed by atoms with E-state index in [0.717, 1.165) is 12.8 Å². The van der Waals surface area contributed by atoms with Crippen LogP contribution in [0.15, 0.2) is 30.6 Å². The van der Waals surface area contributed by atoms with Gasteiger partial charge in [-0.2, -0.15) is 0 Å². The molecule has 7 heteroatoms. The molecule has 6 nitrogen and oxygen atoms in total. The number of aromatic nitrogens is 3. The van der Waals surface area contributed by atoms with Crippen molar-refractivity contribution in [1.82, 2.24) is 25.4 Å². The van der Waals surface area contributed by atoms with E-state index in [1.54, 1.807) is 29.1 Å². The topological polar surface area (TPSA) is 71.8 Å². The van der Waals surface area contributed by atoms with E-state index in [9.17, 15) is 9.18 Å². The second-order valence-electron chi connectivity index (χ2n) is 5.68. The van der Waals surface area contributed by atoms with Crippen molar-refractivity contribution in [3.8, 4) is 0 Å². The number of carbonyl (C=O) groups is 1. The molecule has 3 rings (SSSR count). The number of aryl methyl sites for hydroxylation is 1. The Morgan fingerprint density at radius 3 is 2.73 bits per heavy atom. The van der Waals surface area contributed by atoms with Crippen LogP contribution in [0, 0.1) is 5.82 Å². The van der Waals surface area contributed by atoms with Crippen LogP contribution in [-0.4, -0.2) is 20.8 Å². The van der Waals surface area contributed by atoms with Gasteiger partial charge in [0.05, 0.1) is 11.6 Å². The SMILES string of the molecule is CC(NC(=O)NC1(c2ccccc2F)CC1)c1nncn1C. The highest BCUT2D eigenvalue weighted by Crippen LogP contribution is 2.46. The monoisotopic (exact) mass is 303 g/mol. The van der Waals surface area contributed by atoms with Crippen LogP contribution in [0.2, 0.25) is 0 Å². The summed E-state index contributed by atoms with van der Waals surface area (Å²) in [7, 11) is 1.81. The van der Waals surface area contributed by atoms with Gasteiger partial charge in [-0.05, 0) is 25.8 Å². The van der Waals surface area contributed by atoms with Gasteiger partial charge < -0.3 is 15.2 Å². The third-order valence-corrected chi connectivity index (χ3v) is 3.97. The first kappa shape index (κ1) is 14.5. The quantitative estimate of drug-likeness (QED) is 0.907. The van der Waals surface area contributed by atoms with Crippen LogP contribution in [0.1, 0.15) is 37.2 Å². The maximum absolute atomic E-state index is 13.9. The molecule has 1 unspecified atom stereocenters. The summed E-state index contributed by atoms with van der Waals surface area (Å²) in [5.74, 6) is 0.368. The number of halogens is 1. The van der Waals surface area contributed by atoms with Crippen molar-refractivity contribution in [3.05, 3.63) is 47.8 Å². The highest BCUT2D eigenvalue weighted by atomic mass is 19.1. The summed E-state index contributed by atoms with van der Waals surface area (Å²) in [5, 5.41) is 13.5. The van der Waals surface area contributed by atoms with Crippen LogP contribution in [0.3, 0.4) is 0 Å². The number of amides is 2. The van der Waals surface area contributed by atoms with Crippen LogP contribution in [0.4, 0.5) is 9.18 Å². The lowest BCUT2D eigenvalue weighted by Crippen LogP contribution is -2.43. The summed E-state index contributed by atoms with van der Waals surface area (Å²) in [5.41, 5.74) is -0.0499. The van der Waals surface area contributed by atoms with Crippen molar-refractivity contribution in [2.45, 2.75) is 31.3 Å². The van der Waals surface area contributed by atoms with Gasteiger partial charge in [0.15, 0.2) is 5.82 Å². The number of hydrogen-bond acceptors (Lipinski definition) is 3. The molecule has 1 heterocycles. The van der Waals surface area contributed by atoms with Crippen molar-refractivity contribution >= 4 is 6.03 Å². The third kappa shape index (κ3) is 2.66. The minimum Gasteiger partial charge on any atom is -0.329 e. The number of nitrogens with one attached hydrogen (secondary N) is 2. The van der Waals surface area contributed by atoms with Crippen molar-refractivity contribution in [3.63, 3.8) is 0 Å². The lowest BCUT2D eigenvalue weighted by molar-refractivity contribution is 0.231. The second kappa shape index (κ2) is 5.40. The minimum absolute atomic E-state index is 0.288. The van der Waals surface area contributed by atoms with Crippen molar-refractivity contribution < 1.29 is 9.18 Å². The normalized spacial score (nSPS) is 16.9. The van der Waals surface area contributed by atoms with Crippen LogP contribution in [0.5, 0.6) is 0 Å². The third-order valence-electron chi connectivity index (χ3n) is 3.97. The predicted molar refractivity (Wildman–Crippen MR) is 78.4 cm³/mol. The molecule has 2 aromatic rings. The van der Waals surface area contributed by atoms with Crippen molar-refractivity contribution in [1.29, 1.82) is 0 Å². The molecule has 1 atom stereocenters. The van der Waals surface area contributed by atoms with E-state index in [0.29, 0.717) is 11.4 Å². The number of urea groups is 1. The Bertz CT molecular complexity index is 695. The fourth-order valence-electron chi connectivity index (χ4n) is 2.63. The van der Waals surface area contributed by atoms with E-state index in [1.165, 1.54) is 6.07 Å².